The Kier molecular flexibility index (Phi) is 5.31. The predicted octanol–water partition coefficient (Wildman–Crippen LogP) is 3.02. The highest BCUT2D eigenvalue weighted by molar-refractivity contribution is 5.28. The van der Waals surface area contributed by atoms with Crippen molar-refractivity contribution in [2.75, 3.05) is 6.61 Å². The van der Waals surface area contributed by atoms with Gasteiger partial charge in [-0.1, -0.05) is 18.6 Å². The van der Waals surface area contributed by atoms with Crippen LogP contribution in [0.25, 0.3) is 0 Å². The highest BCUT2D eigenvalue weighted by Gasteiger charge is 2.27. The van der Waals surface area contributed by atoms with E-state index in [0.717, 1.165) is 24.8 Å². The van der Waals surface area contributed by atoms with Crippen LogP contribution in [0.1, 0.15) is 31.7 Å². The predicted molar refractivity (Wildman–Crippen MR) is 72.8 cm³/mol. The molecule has 1 saturated heterocycles. The van der Waals surface area contributed by atoms with Crippen molar-refractivity contribution in [2.45, 2.75) is 51.4 Å². The van der Waals surface area contributed by atoms with Gasteiger partial charge < -0.3 is 9.84 Å². The summed E-state index contributed by atoms with van der Waals surface area (Å²) in [5, 5.41) is 9.47. The Hall–Kier alpha value is -1.20. The van der Waals surface area contributed by atoms with E-state index in [9.17, 15) is 13.9 Å². The lowest BCUT2D eigenvalue weighted by molar-refractivity contribution is -0.0499. The highest BCUT2D eigenvalue weighted by atomic mass is 19.3. The fourth-order valence-corrected chi connectivity index (χ4v) is 2.85. The Morgan fingerprint density at radius 1 is 1.40 bits per heavy atom. The van der Waals surface area contributed by atoms with Crippen LogP contribution in [0, 0.1) is 0 Å². The third kappa shape index (κ3) is 3.90. The lowest BCUT2D eigenvalue weighted by atomic mass is 9.96. The molecule has 0 saturated carbocycles. The molecule has 2 atom stereocenters. The van der Waals surface area contributed by atoms with E-state index in [0.29, 0.717) is 12.6 Å². The molecule has 0 aromatic heterocycles. The van der Waals surface area contributed by atoms with E-state index in [4.69, 9.17) is 0 Å². The van der Waals surface area contributed by atoms with Crippen LogP contribution in [0.3, 0.4) is 0 Å². The Labute approximate surface area is 118 Å². The van der Waals surface area contributed by atoms with Crippen molar-refractivity contribution in [1.29, 1.82) is 0 Å². The molecule has 0 amide bonds. The summed E-state index contributed by atoms with van der Waals surface area (Å²) >= 11 is 0. The Bertz CT molecular complexity index is 428. The number of rotatable bonds is 5. The number of aliphatic hydroxyl groups excluding tert-OH is 1. The summed E-state index contributed by atoms with van der Waals surface area (Å²) in [6.45, 7) is 0.121. The molecule has 2 unspecified atom stereocenters. The van der Waals surface area contributed by atoms with E-state index < -0.39 is 6.61 Å². The van der Waals surface area contributed by atoms with Crippen LogP contribution in [0.2, 0.25) is 0 Å². The number of likely N-dealkylation sites (tertiary alicyclic amines) is 1. The molecule has 5 heteroatoms. The number of halogens is 2. The van der Waals surface area contributed by atoms with E-state index in [1.54, 1.807) is 12.1 Å². The van der Waals surface area contributed by atoms with Gasteiger partial charge in [0, 0.05) is 18.6 Å². The Morgan fingerprint density at radius 3 is 2.90 bits per heavy atom. The third-order valence-electron chi connectivity index (χ3n) is 3.89. The molecular formula is C15H21F2NO2. The Morgan fingerprint density at radius 2 is 2.20 bits per heavy atom. The van der Waals surface area contributed by atoms with Crippen molar-refractivity contribution in [1.82, 2.24) is 4.90 Å². The number of hydrogen-bond donors (Lipinski definition) is 1. The first kappa shape index (κ1) is 15.2. The van der Waals surface area contributed by atoms with E-state index in [1.165, 1.54) is 6.07 Å². The van der Waals surface area contributed by atoms with Crippen LogP contribution in [-0.2, 0) is 6.54 Å². The molecule has 1 fully saturated rings. The molecule has 112 valence electrons. The number of alkyl halides is 2. The molecule has 1 aromatic rings. The Balaban J connectivity index is 2.07. The number of piperidine rings is 1. The fraction of sp³-hybridized carbons (Fsp3) is 0.600. The first-order valence-corrected chi connectivity index (χ1v) is 7.00. The maximum atomic E-state index is 12.2. The second-order valence-corrected chi connectivity index (χ2v) is 5.31. The van der Waals surface area contributed by atoms with Crippen molar-refractivity contribution >= 4 is 0 Å². The molecule has 3 nitrogen and oxygen atoms in total. The fourth-order valence-electron chi connectivity index (χ4n) is 2.85. The zero-order chi connectivity index (χ0) is 14.5. The minimum absolute atomic E-state index is 0.136. The highest BCUT2D eigenvalue weighted by Crippen LogP contribution is 2.26. The molecule has 0 bridgehead atoms. The lowest BCUT2D eigenvalue weighted by Gasteiger charge is -2.40. The van der Waals surface area contributed by atoms with Crippen LogP contribution in [0.15, 0.2) is 24.3 Å². The average molecular weight is 285 g/mol. The van der Waals surface area contributed by atoms with Gasteiger partial charge in [0.15, 0.2) is 0 Å². The quantitative estimate of drug-likeness (QED) is 0.902. The van der Waals surface area contributed by atoms with Gasteiger partial charge in [0.05, 0.1) is 6.61 Å². The van der Waals surface area contributed by atoms with E-state index in [-0.39, 0.29) is 18.4 Å². The molecule has 0 spiro atoms. The second-order valence-electron chi connectivity index (χ2n) is 5.31. The summed E-state index contributed by atoms with van der Waals surface area (Å²) in [5.41, 5.74) is 0.926. The van der Waals surface area contributed by atoms with Gasteiger partial charge >= 0.3 is 6.61 Å². The minimum Gasteiger partial charge on any atom is -0.435 e. The maximum absolute atomic E-state index is 12.2. The monoisotopic (exact) mass is 285 g/mol. The largest absolute Gasteiger partial charge is 0.435 e. The lowest BCUT2D eigenvalue weighted by Crippen LogP contribution is -2.46. The topological polar surface area (TPSA) is 32.7 Å². The summed E-state index contributed by atoms with van der Waals surface area (Å²) in [5.74, 6) is 0.183. The van der Waals surface area contributed by atoms with Crippen molar-refractivity contribution in [3.8, 4) is 5.75 Å². The maximum Gasteiger partial charge on any atom is 0.387 e. The summed E-state index contributed by atoms with van der Waals surface area (Å²) < 4.78 is 28.9. The standard InChI is InChI=1S/C15H21F2NO2/c1-11-4-2-6-13(10-19)18(11)9-12-5-3-7-14(8-12)20-15(16)17/h3,5,7-8,11,13,15,19H,2,4,6,9-10H2,1H3. The second kappa shape index (κ2) is 6.99. The normalized spacial score (nSPS) is 24.1. The van der Waals surface area contributed by atoms with Crippen LogP contribution in [-0.4, -0.2) is 35.3 Å². The average Bonchev–Trinajstić information content (AvgIpc) is 2.41. The summed E-state index contributed by atoms with van der Waals surface area (Å²) in [7, 11) is 0. The van der Waals surface area contributed by atoms with E-state index >= 15 is 0 Å². The zero-order valence-corrected chi connectivity index (χ0v) is 11.6. The number of ether oxygens (including phenoxy) is 1. The third-order valence-corrected chi connectivity index (χ3v) is 3.89. The number of nitrogens with zero attached hydrogens (tertiary/aromatic N) is 1. The van der Waals surface area contributed by atoms with Crippen molar-refractivity contribution in [3.63, 3.8) is 0 Å². The molecule has 2 rings (SSSR count). The van der Waals surface area contributed by atoms with Gasteiger partial charge in [0.1, 0.15) is 5.75 Å². The first-order chi connectivity index (χ1) is 9.60. The van der Waals surface area contributed by atoms with Crippen molar-refractivity contribution in [2.24, 2.45) is 0 Å². The molecule has 0 aliphatic carbocycles. The van der Waals surface area contributed by atoms with Gasteiger partial charge in [-0.05, 0) is 37.5 Å². The number of hydrogen-bond acceptors (Lipinski definition) is 3. The van der Waals surface area contributed by atoms with Gasteiger partial charge in [0.25, 0.3) is 0 Å². The molecule has 0 radical (unpaired) electrons. The van der Waals surface area contributed by atoms with Crippen LogP contribution in [0.5, 0.6) is 5.75 Å². The van der Waals surface area contributed by atoms with Gasteiger partial charge in [-0.3, -0.25) is 4.90 Å². The molecule has 1 aliphatic heterocycles. The van der Waals surface area contributed by atoms with Crippen LogP contribution < -0.4 is 4.74 Å². The minimum atomic E-state index is -2.80. The van der Waals surface area contributed by atoms with Crippen molar-refractivity contribution < 1.29 is 18.6 Å². The van der Waals surface area contributed by atoms with Gasteiger partial charge in [-0.25, -0.2) is 0 Å². The van der Waals surface area contributed by atoms with Crippen LogP contribution >= 0.6 is 0 Å². The van der Waals surface area contributed by atoms with Crippen LogP contribution in [0.4, 0.5) is 8.78 Å². The van der Waals surface area contributed by atoms with Crippen molar-refractivity contribution in [3.05, 3.63) is 29.8 Å². The molecule has 1 aromatic carbocycles. The van der Waals surface area contributed by atoms with Gasteiger partial charge in [0.2, 0.25) is 0 Å². The van der Waals surface area contributed by atoms with E-state index in [2.05, 4.69) is 16.6 Å². The van der Waals surface area contributed by atoms with Gasteiger partial charge in [-0.15, -0.1) is 0 Å². The molecule has 1 N–H and O–H groups in total. The van der Waals surface area contributed by atoms with Gasteiger partial charge in [-0.2, -0.15) is 8.78 Å². The summed E-state index contributed by atoms with van der Waals surface area (Å²) in [4.78, 5) is 2.24. The molecular weight excluding hydrogens is 264 g/mol. The molecule has 1 heterocycles. The molecule has 20 heavy (non-hydrogen) atoms. The summed E-state index contributed by atoms with van der Waals surface area (Å²) in [6.07, 6.45) is 3.20. The van der Waals surface area contributed by atoms with E-state index in [1.807, 2.05) is 6.07 Å². The smallest absolute Gasteiger partial charge is 0.387 e. The number of benzene rings is 1. The first-order valence-electron chi connectivity index (χ1n) is 7.00. The number of aliphatic hydroxyl groups is 1. The summed E-state index contributed by atoms with van der Waals surface area (Å²) in [6, 6.07) is 7.32. The SMILES string of the molecule is CC1CCCC(CO)N1Cc1cccc(OC(F)F)c1. The molecule has 1 aliphatic rings. The zero-order valence-electron chi connectivity index (χ0n) is 11.6.